The Morgan fingerprint density at radius 3 is 3.00 bits per heavy atom. The molecule has 0 aromatic heterocycles. The van der Waals surface area contributed by atoms with Crippen LogP contribution in [0, 0.1) is 5.92 Å². The number of hydrogen-bond donors (Lipinski definition) is 1. The van der Waals surface area contributed by atoms with Crippen molar-refractivity contribution in [1.82, 2.24) is 5.32 Å². The van der Waals surface area contributed by atoms with Gasteiger partial charge < -0.3 is 19.5 Å². The SMILES string of the molecule is COCCCOCCNCC1CCCOC1. The highest BCUT2D eigenvalue weighted by Gasteiger charge is 2.12. The number of ether oxygens (including phenoxy) is 3. The van der Waals surface area contributed by atoms with Crippen molar-refractivity contribution >= 4 is 0 Å². The summed E-state index contributed by atoms with van der Waals surface area (Å²) in [4.78, 5) is 0. The van der Waals surface area contributed by atoms with Crippen molar-refractivity contribution in [1.29, 1.82) is 0 Å². The monoisotopic (exact) mass is 231 g/mol. The van der Waals surface area contributed by atoms with E-state index in [9.17, 15) is 0 Å². The summed E-state index contributed by atoms with van der Waals surface area (Å²) in [5, 5.41) is 3.41. The lowest BCUT2D eigenvalue weighted by Gasteiger charge is -2.22. The Bertz CT molecular complexity index is 149. The van der Waals surface area contributed by atoms with Gasteiger partial charge in [-0.25, -0.2) is 0 Å². The Hall–Kier alpha value is -0.160. The normalized spacial score (nSPS) is 21.2. The molecule has 1 saturated heterocycles. The van der Waals surface area contributed by atoms with E-state index in [1.54, 1.807) is 7.11 Å². The van der Waals surface area contributed by atoms with E-state index in [1.165, 1.54) is 12.8 Å². The molecule has 0 amide bonds. The molecule has 4 nitrogen and oxygen atoms in total. The largest absolute Gasteiger partial charge is 0.385 e. The minimum atomic E-state index is 0.697. The van der Waals surface area contributed by atoms with E-state index in [-0.39, 0.29) is 0 Å². The van der Waals surface area contributed by atoms with E-state index in [2.05, 4.69) is 5.32 Å². The summed E-state index contributed by atoms with van der Waals surface area (Å²) in [6.45, 7) is 6.22. The second-order valence-electron chi connectivity index (χ2n) is 4.25. The van der Waals surface area contributed by atoms with Crippen LogP contribution in [0.1, 0.15) is 19.3 Å². The summed E-state index contributed by atoms with van der Waals surface area (Å²) in [6.07, 6.45) is 3.48. The third-order valence-corrected chi connectivity index (χ3v) is 2.75. The third-order valence-electron chi connectivity index (χ3n) is 2.75. The van der Waals surface area contributed by atoms with Gasteiger partial charge in [-0.05, 0) is 25.2 Å². The minimum absolute atomic E-state index is 0.697. The van der Waals surface area contributed by atoms with Gasteiger partial charge in [-0.3, -0.25) is 0 Å². The van der Waals surface area contributed by atoms with Crippen molar-refractivity contribution in [3.8, 4) is 0 Å². The van der Waals surface area contributed by atoms with Crippen molar-refractivity contribution in [2.45, 2.75) is 19.3 Å². The zero-order chi connectivity index (χ0) is 11.5. The molecular formula is C12H25NO3. The third kappa shape index (κ3) is 7.17. The van der Waals surface area contributed by atoms with E-state index >= 15 is 0 Å². The van der Waals surface area contributed by atoms with Gasteiger partial charge in [-0.15, -0.1) is 0 Å². The van der Waals surface area contributed by atoms with Gasteiger partial charge in [0.2, 0.25) is 0 Å². The first-order chi connectivity index (χ1) is 7.93. The maximum absolute atomic E-state index is 5.45. The molecule has 0 bridgehead atoms. The molecule has 16 heavy (non-hydrogen) atoms. The van der Waals surface area contributed by atoms with Gasteiger partial charge in [-0.2, -0.15) is 0 Å². The molecule has 1 heterocycles. The first kappa shape index (κ1) is 13.9. The molecule has 1 N–H and O–H groups in total. The lowest BCUT2D eigenvalue weighted by molar-refractivity contribution is 0.0531. The van der Waals surface area contributed by atoms with Crippen LogP contribution in [0.3, 0.4) is 0 Å². The zero-order valence-electron chi connectivity index (χ0n) is 10.4. The maximum atomic E-state index is 5.45. The maximum Gasteiger partial charge on any atom is 0.0590 e. The van der Waals surface area contributed by atoms with Crippen LogP contribution in [0.2, 0.25) is 0 Å². The van der Waals surface area contributed by atoms with E-state index in [1.807, 2.05) is 0 Å². The molecule has 0 saturated carbocycles. The predicted octanol–water partition coefficient (Wildman–Crippen LogP) is 1.06. The molecular weight excluding hydrogens is 206 g/mol. The van der Waals surface area contributed by atoms with Gasteiger partial charge in [0.05, 0.1) is 13.2 Å². The molecule has 0 spiro atoms. The van der Waals surface area contributed by atoms with Crippen LogP contribution in [0.4, 0.5) is 0 Å². The van der Waals surface area contributed by atoms with Crippen molar-refractivity contribution in [2.75, 3.05) is 53.2 Å². The summed E-state index contributed by atoms with van der Waals surface area (Å²) < 4.78 is 15.8. The van der Waals surface area contributed by atoms with Crippen LogP contribution in [-0.4, -0.2) is 53.2 Å². The highest BCUT2D eigenvalue weighted by Crippen LogP contribution is 2.11. The average Bonchev–Trinajstić information content (AvgIpc) is 2.34. The standard InChI is InChI=1S/C12H25NO3/c1-14-6-3-8-15-9-5-13-10-12-4-2-7-16-11-12/h12-13H,2-11H2,1H3. The molecule has 4 heteroatoms. The quantitative estimate of drug-likeness (QED) is 0.602. The Balaban J connectivity index is 1.77. The number of rotatable bonds is 9. The fourth-order valence-electron chi connectivity index (χ4n) is 1.83. The van der Waals surface area contributed by atoms with Crippen molar-refractivity contribution in [3.05, 3.63) is 0 Å². The first-order valence-corrected chi connectivity index (χ1v) is 6.28. The Morgan fingerprint density at radius 1 is 1.31 bits per heavy atom. The summed E-state index contributed by atoms with van der Waals surface area (Å²) in [5.74, 6) is 0.697. The lowest BCUT2D eigenvalue weighted by Crippen LogP contribution is -2.31. The molecule has 96 valence electrons. The molecule has 0 aromatic rings. The lowest BCUT2D eigenvalue weighted by atomic mass is 10.0. The molecule has 1 atom stereocenters. The van der Waals surface area contributed by atoms with Crippen LogP contribution in [0.25, 0.3) is 0 Å². The predicted molar refractivity (Wildman–Crippen MR) is 63.7 cm³/mol. The molecule has 1 rings (SSSR count). The second kappa shape index (κ2) is 10.0. The Kier molecular flexibility index (Phi) is 8.71. The Labute approximate surface area is 98.6 Å². The molecule has 0 aromatic carbocycles. The van der Waals surface area contributed by atoms with E-state index < -0.39 is 0 Å². The molecule has 0 aliphatic carbocycles. The van der Waals surface area contributed by atoms with Gasteiger partial charge >= 0.3 is 0 Å². The smallest absolute Gasteiger partial charge is 0.0590 e. The Morgan fingerprint density at radius 2 is 2.25 bits per heavy atom. The first-order valence-electron chi connectivity index (χ1n) is 6.28. The summed E-state index contributed by atoms with van der Waals surface area (Å²) in [6, 6.07) is 0. The van der Waals surface area contributed by atoms with Crippen LogP contribution in [0.5, 0.6) is 0 Å². The van der Waals surface area contributed by atoms with Gasteiger partial charge in [0, 0.05) is 40.0 Å². The van der Waals surface area contributed by atoms with E-state index in [0.29, 0.717) is 5.92 Å². The van der Waals surface area contributed by atoms with Crippen molar-refractivity contribution in [3.63, 3.8) is 0 Å². The zero-order valence-corrected chi connectivity index (χ0v) is 10.4. The minimum Gasteiger partial charge on any atom is -0.385 e. The summed E-state index contributed by atoms with van der Waals surface area (Å²) in [7, 11) is 1.72. The second-order valence-corrected chi connectivity index (χ2v) is 4.25. The summed E-state index contributed by atoms with van der Waals surface area (Å²) >= 11 is 0. The molecule has 1 fully saturated rings. The van der Waals surface area contributed by atoms with Crippen molar-refractivity contribution < 1.29 is 14.2 Å². The van der Waals surface area contributed by atoms with Crippen LogP contribution in [0.15, 0.2) is 0 Å². The highest BCUT2D eigenvalue weighted by molar-refractivity contribution is 4.65. The van der Waals surface area contributed by atoms with E-state index in [4.69, 9.17) is 14.2 Å². The van der Waals surface area contributed by atoms with Gasteiger partial charge in [0.15, 0.2) is 0 Å². The van der Waals surface area contributed by atoms with Gasteiger partial charge in [0.1, 0.15) is 0 Å². The van der Waals surface area contributed by atoms with Crippen LogP contribution in [-0.2, 0) is 14.2 Å². The fourth-order valence-corrected chi connectivity index (χ4v) is 1.83. The van der Waals surface area contributed by atoms with Crippen LogP contribution < -0.4 is 5.32 Å². The van der Waals surface area contributed by atoms with E-state index in [0.717, 1.165) is 52.5 Å². The number of methoxy groups -OCH3 is 1. The highest BCUT2D eigenvalue weighted by atomic mass is 16.5. The topological polar surface area (TPSA) is 39.7 Å². The van der Waals surface area contributed by atoms with Crippen molar-refractivity contribution in [2.24, 2.45) is 5.92 Å². The molecule has 1 unspecified atom stereocenters. The average molecular weight is 231 g/mol. The molecule has 1 aliphatic heterocycles. The molecule has 1 aliphatic rings. The van der Waals surface area contributed by atoms with Gasteiger partial charge in [-0.1, -0.05) is 0 Å². The number of hydrogen-bond acceptors (Lipinski definition) is 4. The van der Waals surface area contributed by atoms with Crippen LogP contribution >= 0.6 is 0 Å². The summed E-state index contributed by atoms with van der Waals surface area (Å²) in [5.41, 5.74) is 0. The fraction of sp³-hybridized carbons (Fsp3) is 1.00. The number of nitrogens with one attached hydrogen (secondary N) is 1. The van der Waals surface area contributed by atoms with Gasteiger partial charge in [0.25, 0.3) is 0 Å². The molecule has 0 radical (unpaired) electrons.